The van der Waals surface area contributed by atoms with Crippen LogP contribution in [0.3, 0.4) is 0 Å². The Morgan fingerprint density at radius 3 is 2.48 bits per heavy atom. The molecule has 0 spiro atoms. The van der Waals surface area contributed by atoms with Gasteiger partial charge < -0.3 is 4.90 Å². The number of hydrogen-bond acceptors (Lipinski definition) is 6. The molecule has 0 bridgehead atoms. The van der Waals surface area contributed by atoms with Gasteiger partial charge in [-0.25, -0.2) is 13.4 Å². The second-order valence-corrected chi connectivity index (χ2v) is 10.0. The zero-order chi connectivity index (χ0) is 22.0. The van der Waals surface area contributed by atoms with Crippen LogP contribution < -0.4 is 10.3 Å². The number of nitrogens with zero attached hydrogens (tertiary/aromatic N) is 3. The van der Waals surface area contributed by atoms with Crippen LogP contribution in [0, 0.1) is 6.92 Å². The van der Waals surface area contributed by atoms with Crippen molar-refractivity contribution in [3.63, 3.8) is 0 Å². The molecule has 9 heteroatoms. The Labute approximate surface area is 186 Å². The first-order valence-corrected chi connectivity index (χ1v) is 12.0. The van der Waals surface area contributed by atoms with Gasteiger partial charge in [-0.15, -0.1) is 0 Å². The van der Waals surface area contributed by atoms with Gasteiger partial charge >= 0.3 is 0 Å². The molecule has 1 amide bonds. The molecule has 4 rings (SSSR count). The zero-order valence-corrected chi connectivity index (χ0v) is 18.7. The molecule has 1 aliphatic rings. The van der Waals surface area contributed by atoms with Gasteiger partial charge in [0.15, 0.2) is 9.84 Å². The summed E-state index contributed by atoms with van der Waals surface area (Å²) in [6.45, 7) is 4.60. The summed E-state index contributed by atoms with van der Waals surface area (Å²) in [5.74, 6) is -1.14. The third-order valence-corrected chi connectivity index (χ3v) is 7.11. The number of aryl methyl sites for hydroxylation is 1. The molecule has 1 N–H and O–H groups in total. The van der Waals surface area contributed by atoms with Crippen molar-refractivity contribution in [2.24, 2.45) is 0 Å². The van der Waals surface area contributed by atoms with E-state index in [0.29, 0.717) is 18.1 Å². The third-order valence-electron chi connectivity index (χ3n) is 5.26. The summed E-state index contributed by atoms with van der Waals surface area (Å²) in [6, 6.07) is 14.0. The van der Waals surface area contributed by atoms with E-state index in [1.807, 2.05) is 19.1 Å². The van der Waals surface area contributed by atoms with E-state index in [9.17, 15) is 13.2 Å². The third kappa shape index (κ3) is 5.15. The molecule has 2 heterocycles. The number of pyridine rings is 1. The van der Waals surface area contributed by atoms with Crippen LogP contribution in [0.25, 0.3) is 10.8 Å². The van der Waals surface area contributed by atoms with Crippen LogP contribution in [0.1, 0.15) is 5.69 Å². The summed E-state index contributed by atoms with van der Waals surface area (Å²) < 4.78 is 25.5. The lowest BCUT2D eigenvalue weighted by atomic mass is 10.1. The number of piperazine rings is 1. The number of nitrogens with one attached hydrogen (secondary N) is 1. The van der Waals surface area contributed by atoms with E-state index < -0.39 is 21.5 Å². The SMILES string of the molecule is Cc1cc(N2CCN(NC(=O)CS(=O)(=O)c3ccc4cc(Cl)ccc4c3)CC2)ccn1. The molecular formula is C22H23ClN4O3S. The average molecular weight is 459 g/mol. The molecule has 2 aromatic carbocycles. The van der Waals surface area contributed by atoms with Crippen LogP contribution in [-0.4, -0.2) is 56.2 Å². The molecule has 0 saturated carbocycles. The summed E-state index contributed by atoms with van der Waals surface area (Å²) >= 11 is 5.98. The fourth-order valence-corrected chi connectivity index (χ4v) is 5.00. The molecule has 31 heavy (non-hydrogen) atoms. The first-order valence-electron chi connectivity index (χ1n) is 9.94. The van der Waals surface area contributed by atoms with Crippen molar-refractivity contribution < 1.29 is 13.2 Å². The topological polar surface area (TPSA) is 82.6 Å². The monoisotopic (exact) mass is 458 g/mol. The number of carbonyl (C=O) groups excluding carboxylic acids is 1. The molecule has 1 aromatic heterocycles. The van der Waals surface area contributed by atoms with E-state index >= 15 is 0 Å². The van der Waals surface area contributed by atoms with Gasteiger partial charge in [0.2, 0.25) is 5.91 Å². The fourth-order valence-electron chi connectivity index (χ4n) is 3.66. The van der Waals surface area contributed by atoms with Crippen LogP contribution in [0.4, 0.5) is 5.69 Å². The van der Waals surface area contributed by atoms with E-state index in [2.05, 4.69) is 15.3 Å². The highest BCUT2D eigenvalue weighted by molar-refractivity contribution is 7.92. The van der Waals surface area contributed by atoms with Crippen LogP contribution in [0.15, 0.2) is 59.6 Å². The molecule has 1 fully saturated rings. The van der Waals surface area contributed by atoms with Crippen LogP contribution >= 0.6 is 11.6 Å². The smallest absolute Gasteiger partial charge is 0.249 e. The Morgan fingerprint density at radius 1 is 1.03 bits per heavy atom. The zero-order valence-electron chi connectivity index (χ0n) is 17.1. The lowest BCUT2D eigenvalue weighted by Gasteiger charge is -2.36. The number of rotatable bonds is 5. The number of aromatic nitrogens is 1. The van der Waals surface area contributed by atoms with Gasteiger partial charge in [-0.3, -0.25) is 15.2 Å². The number of hydrogen-bond donors (Lipinski definition) is 1. The number of carbonyl (C=O) groups is 1. The number of sulfone groups is 1. The number of amides is 1. The molecule has 162 valence electrons. The maximum absolute atomic E-state index is 12.7. The van der Waals surface area contributed by atoms with Gasteiger partial charge in [0.1, 0.15) is 5.75 Å². The quantitative estimate of drug-likeness (QED) is 0.633. The molecule has 7 nitrogen and oxygen atoms in total. The maximum Gasteiger partial charge on any atom is 0.249 e. The van der Waals surface area contributed by atoms with Gasteiger partial charge in [0.25, 0.3) is 0 Å². The highest BCUT2D eigenvalue weighted by atomic mass is 35.5. The normalized spacial score (nSPS) is 15.2. The lowest BCUT2D eigenvalue weighted by molar-refractivity contribution is -0.123. The van der Waals surface area contributed by atoms with Gasteiger partial charge in [-0.05, 0) is 54.1 Å². The molecule has 0 aliphatic carbocycles. The van der Waals surface area contributed by atoms with Crippen molar-refractivity contribution in [1.82, 2.24) is 15.4 Å². The Balaban J connectivity index is 1.36. The van der Waals surface area contributed by atoms with Crippen LogP contribution in [-0.2, 0) is 14.6 Å². The minimum Gasteiger partial charge on any atom is -0.369 e. The summed E-state index contributed by atoms with van der Waals surface area (Å²) in [7, 11) is -3.76. The largest absolute Gasteiger partial charge is 0.369 e. The standard InChI is InChI=1S/C22H23ClN4O3S/c1-16-12-20(6-7-24-16)26-8-10-27(11-9-26)25-22(28)15-31(29,30)21-5-3-17-13-19(23)4-2-18(17)14-21/h2-7,12-14H,8-11,15H2,1H3,(H,25,28). The minimum absolute atomic E-state index is 0.121. The summed E-state index contributed by atoms with van der Waals surface area (Å²) in [5, 5.41) is 3.96. The number of halogens is 1. The van der Waals surface area contributed by atoms with E-state index in [0.717, 1.165) is 35.2 Å². The summed E-state index contributed by atoms with van der Waals surface area (Å²) in [4.78, 5) is 19.0. The first kappa shape index (κ1) is 21.5. The Morgan fingerprint density at radius 2 is 1.74 bits per heavy atom. The average Bonchev–Trinajstić information content (AvgIpc) is 2.73. The molecule has 1 aliphatic heterocycles. The number of fused-ring (bicyclic) bond motifs is 1. The summed E-state index contributed by atoms with van der Waals surface area (Å²) in [6.07, 6.45) is 1.78. The summed E-state index contributed by atoms with van der Waals surface area (Å²) in [5.41, 5.74) is 4.78. The fraction of sp³-hybridized carbons (Fsp3) is 0.273. The van der Waals surface area contributed by atoms with Crippen molar-refractivity contribution in [1.29, 1.82) is 0 Å². The van der Waals surface area contributed by atoms with E-state index in [4.69, 9.17) is 11.6 Å². The maximum atomic E-state index is 12.7. The van der Waals surface area contributed by atoms with Crippen molar-refractivity contribution in [3.05, 3.63) is 65.4 Å². The Bertz CT molecular complexity index is 1220. The second kappa shape index (κ2) is 8.82. The van der Waals surface area contributed by atoms with Crippen molar-refractivity contribution in [3.8, 4) is 0 Å². The molecule has 0 radical (unpaired) electrons. The van der Waals surface area contributed by atoms with Gasteiger partial charge in [-0.1, -0.05) is 23.7 Å². The molecule has 0 unspecified atom stereocenters. The number of hydrazine groups is 1. The number of anilines is 1. The van der Waals surface area contributed by atoms with Crippen molar-refractivity contribution >= 4 is 43.8 Å². The highest BCUT2D eigenvalue weighted by Crippen LogP contribution is 2.23. The number of benzene rings is 2. The van der Waals surface area contributed by atoms with E-state index in [1.165, 1.54) is 6.07 Å². The molecule has 1 saturated heterocycles. The molecule has 0 atom stereocenters. The predicted molar refractivity (Wildman–Crippen MR) is 122 cm³/mol. The first-order chi connectivity index (χ1) is 14.8. The van der Waals surface area contributed by atoms with Gasteiger partial charge in [-0.2, -0.15) is 0 Å². The van der Waals surface area contributed by atoms with Gasteiger partial charge in [0, 0.05) is 48.8 Å². The Hall–Kier alpha value is -2.68. The van der Waals surface area contributed by atoms with Gasteiger partial charge in [0.05, 0.1) is 4.90 Å². The second-order valence-electron chi connectivity index (χ2n) is 7.58. The minimum atomic E-state index is -3.76. The van der Waals surface area contributed by atoms with Crippen molar-refractivity contribution in [2.45, 2.75) is 11.8 Å². The predicted octanol–water partition coefficient (Wildman–Crippen LogP) is 2.82. The lowest BCUT2D eigenvalue weighted by Crippen LogP contribution is -2.54. The molecular weight excluding hydrogens is 436 g/mol. The van der Waals surface area contributed by atoms with Crippen LogP contribution in [0.5, 0.6) is 0 Å². The van der Waals surface area contributed by atoms with E-state index in [1.54, 1.807) is 41.5 Å². The molecule has 3 aromatic rings. The Kier molecular flexibility index (Phi) is 6.13. The van der Waals surface area contributed by atoms with Crippen molar-refractivity contribution in [2.75, 3.05) is 36.8 Å². The van der Waals surface area contributed by atoms with Crippen LogP contribution in [0.2, 0.25) is 5.02 Å². The highest BCUT2D eigenvalue weighted by Gasteiger charge is 2.23. The van der Waals surface area contributed by atoms with E-state index in [-0.39, 0.29) is 4.90 Å².